The monoisotopic (exact) mass is 336 g/mol. The van der Waals surface area contributed by atoms with Crippen molar-refractivity contribution >= 4 is 17.9 Å². The molecule has 0 unspecified atom stereocenters. The van der Waals surface area contributed by atoms with Crippen molar-refractivity contribution < 1.29 is 19.4 Å². The smallest absolute Gasteiger partial charge is 0.412 e. The topological polar surface area (TPSA) is 108 Å². The molecule has 8 nitrogen and oxygen atoms in total. The van der Waals surface area contributed by atoms with Crippen LogP contribution in [0, 0.1) is 0 Å². The van der Waals surface area contributed by atoms with E-state index in [1.165, 1.54) is 11.3 Å². The number of carbonyl (C=O) groups is 2. The first-order valence-electron chi connectivity index (χ1n) is 7.66. The zero-order valence-electron chi connectivity index (χ0n) is 14.4. The number of likely N-dealkylation sites (tertiary alicyclic amines) is 1. The second kappa shape index (κ2) is 6.56. The Labute approximate surface area is 141 Å². The molecule has 2 heterocycles. The zero-order valence-corrected chi connectivity index (χ0v) is 14.4. The van der Waals surface area contributed by atoms with Gasteiger partial charge in [0, 0.05) is 31.7 Å². The number of rotatable bonds is 1. The average molecular weight is 336 g/mol. The first-order valence-corrected chi connectivity index (χ1v) is 7.66. The molecule has 2 aliphatic rings. The van der Waals surface area contributed by atoms with Crippen LogP contribution in [0.5, 0.6) is 5.75 Å². The lowest BCUT2D eigenvalue weighted by Gasteiger charge is -2.32. The zero-order chi connectivity index (χ0) is 18.1. The molecular formula is C16H24N4O4. The maximum atomic E-state index is 11.4. The van der Waals surface area contributed by atoms with E-state index in [1.807, 2.05) is 18.2 Å². The van der Waals surface area contributed by atoms with Crippen molar-refractivity contribution in [2.24, 2.45) is 5.73 Å². The van der Waals surface area contributed by atoms with E-state index in [-0.39, 0.29) is 5.41 Å². The Morgan fingerprint density at radius 2 is 2.04 bits per heavy atom. The fraction of sp³-hybridized carbons (Fsp3) is 0.500. The second-order valence-electron chi connectivity index (χ2n) is 6.29. The van der Waals surface area contributed by atoms with Crippen LogP contribution in [0.1, 0.15) is 18.9 Å². The van der Waals surface area contributed by atoms with Gasteiger partial charge < -0.3 is 25.8 Å². The van der Waals surface area contributed by atoms with Gasteiger partial charge >= 0.3 is 12.2 Å². The lowest BCUT2D eigenvalue weighted by atomic mass is 9.81. The Kier molecular flexibility index (Phi) is 4.88. The molecule has 2 amide bonds. The van der Waals surface area contributed by atoms with Gasteiger partial charge in [0.2, 0.25) is 0 Å². The first kappa shape index (κ1) is 17.9. The number of carbonyl (C=O) groups excluding carboxylic acids is 1. The Morgan fingerprint density at radius 3 is 2.62 bits per heavy atom. The minimum atomic E-state index is -1.33. The summed E-state index contributed by atoms with van der Waals surface area (Å²) in [7, 11) is 5.86. The Morgan fingerprint density at radius 1 is 1.42 bits per heavy atom. The molecule has 0 saturated carbocycles. The number of carboxylic acid groups (broad SMARTS) is 1. The van der Waals surface area contributed by atoms with E-state index < -0.39 is 12.2 Å². The first-order chi connectivity index (χ1) is 11.2. The lowest BCUT2D eigenvalue weighted by molar-refractivity contribution is 0.202. The molecule has 2 atom stereocenters. The average Bonchev–Trinajstić information content (AvgIpc) is 2.92. The van der Waals surface area contributed by atoms with Crippen LogP contribution in [0.15, 0.2) is 18.2 Å². The van der Waals surface area contributed by atoms with Crippen molar-refractivity contribution in [2.45, 2.75) is 24.9 Å². The minimum absolute atomic E-state index is 0.0981. The van der Waals surface area contributed by atoms with E-state index >= 15 is 0 Å². The van der Waals surface area contributed by atoms with Gasteiger partial charge in [0.05, 0.1) is 6.17 Å². The van der Waals surface area contributed by atoms with E-state index in [0.29, 0.717) is 11.9 Å². The van der Waals surface area contributed by atoms with Gasteiger partial charge in [-0.1, -0.05) is 6.92 Å². The van der Waals surface area contributed by atoms with Crippen LogP contribution < -0.4 is 20.7 Å². The molecule has 0 radical (unpaired) electrons. The molecular weight excluding hydrogens is 312 g/mol. The van der Waals surface area contributed by atoms with Crippen LogP contribution >= 0.6 is 0 Å². The molecule has 132 valence electrons. The molecule has 4 N–H and O–H groups in total. The molecule has 1 fully saturated rings. The number of nitrogens with two attached hydrogens (primary N) is 1. The van der Waals surface area contributed by atoms with Crippen LogP contribution in [0.25, 0.3) is 0 Å². The van der Waals surface area contributed by atoms with Crippen LogP contribution in [-0.4, -0.2) is 56.0 Å². The molecule has 1 aromatic rings. The number of hydrogen-bond donors (Lipinski definition) is 3. The van der Waals surface area contributed by atoms with Gasteiger partial charge in [-0.05, 0) is 37.2 Å². The van der Waals surface area contributed by atoms with Crippen molar-refractivity contribution in [1.29, 1.82) is 0 Å². The molecule has 1 aromatic carbocycles. The van der Waals surface area contributed by atoms with Crippen LogP contribution in [0.2, 0.25) is 0 Å². The highest BCUT2D eigenvalue weighted by Gasteiger charge is 2.52. The number of nitrogens with zero attached hydrogens (tertiary/aromatic N) is 2. The molecule has 0 spiro atoms. The minimum Gasteiger partial charge on any atom is -0.465 e. The molecule has 8 heteroatoms. The molecule has 2 aliphatic heterocycles. The highest BCUT2D eigenvalue weighted by Crippen LogP contribution is 2.51. The summed E-state index contributed by atoms with van der Waals surface area (Å²) < 4.78 is 5.26. The van der Waals surface area contributed by atoms with E-state index in [1.54, 1.807) is 7.05 Å². The Balaban J connectivity index is 0.000000471. The van der Waals surface area contributed by atoms with E-state index in [4.69, 9.17) is 14.6 Å². The summed E-state index contributed by atoms with van der Waals surface area (Å²) >= 11 is 0. The summed E-state index contributed by atoms with van der Waals surface area (Å²) in [6, 6.07) is 5.92. The number of fused-ring (bicyclic) bond motifs is 3. The van der Waals surface area contributed by atoms with Gasteiger partial charge in [0.1, 0.15) is 5.75 Å². The number of anilines is 1. The quantitative estimate of drug-likeness (QED) is 0.715. The normalized spacial score (nSPS) is 24.5. The predicted octanol–water partition coefficient (Wildman–Crippen LogP) is 1.40. The fourth-order valence-electron chi connectivity index (χ4n) is 3.78. The van der Waals surface area contributed by atoms with E-state index in [0.717, 1.165) is 13.0 Å². The van der Waals surface area contributed by atoms with Gasteiger partial charge in [0.15, 0.2) is 0 Å². The van der Waals surface area contributed by atoms with Crippen LogP contribution in [-0.2, 0) is 5.41 Å². The second-order valence-corrected chi connectivity index (χ2v) is 6.29. The van der Waals surface area contributed by atoms with Crippen molar-refractivity contribution in [3.63, 3.8) is 0 Å². The van der Waals surface area contributed by atoms with Gasteiger partial charge in [-0.15, -0.1) is 0 Å². The Hall–Kier alpha value is -2.48. The standard InChI is InChI=1S/C15H21N3O2.CH3NO2/c1-15-7-8-17(3)13(15)18(4)12-6-5-10(9-11(12)15)20-14(19)16-2;2-1(3)4/h5-6,9,13H,7-8H2,1-4H3,(H,16,19);2H2,(H,3,4)/t13-,15+;/m1./s1. The molecule has 0 aliphatic carbocycles. The summed E-state index contributed by atoms with van der Waals surface area (Å²) in [4.78, 5) is 24.8. The van der Waals surface area contributed by atoms with Crippen LogP contribution in [0.3, 0.4) is 0 Å². The third kappa shape index (κ3) is 3.09. The van der Waals surface area contributed by atoms with Gasteiger partial charge in [-0.2, -0.15) is 0 Å². The maximum Gasteiger partial charge on any atom is 0.412 e. The summed E-state index contributed by atoms with van der Waals surface area (Å²) in [5.74, 6) is 0.605. The predicted molar refractivity (Wildman–Crippen MR) is 90.5 cm³/mol. The van der Waals surface area contributed by atoms with E-state index in [2.05, 4.69) is 41.9 Å². The SMILES string of the molecule is CNC(=O)Oc1ccc2c(c1)[C@]1(C)CCN(C)[C@@H]1N2C.NC(=O)O. The summed E-state index contributed by atoms with van der Waals surface area (Å²) in [5.41, 5.74) is 6.63. The number of benzene rings is 1. The molecule has 0 aromatic heterocycles. The van der Waals surface area contributed by atoms with Crippen LogP contribution in [0.4, 0.5) is 15.3 Å². The number of hydrogen-bond acceptors (Lipinski definition) is 5. The lowest BCUT2D eigenvalue weighted by Crippen LogP contribution is -2.45. The summed E-state index contributed by atoms with van der Waals surface area (Å²) in [5, 5.41) is 9.67. The number of primary amides is 1. The molecule has 24 heavy (non-hydrogen) atoms. The molecule has 3 rings (SSSR count). The maximum absolute atomic E-state index is 11.4. The van der Waals surface area contributed by atoms with Crippen molar-refractivity contribution in [3.05, 3.63) is 23.8 Å². The molecule has 1 saturated heterocycles. The molecule has 0 bridgehead atoms. The number of likely N-dealkylation sites (N-methyl/N-ethyl adjacent to an activating group) is 2. The fourth-order valence-corrected chi connectivity index (χ4v) is 3.78. The highest BCUT2D eigenvalue weighted by molar-refractivity contribution is 5.72. The van der Waals surface area contributed by atoms with Gasteiger partial charge in [-0.25, -0.2) is 9.59 Å². The third-order valence-electron chi connectivity index (χ3n) is 4.72. The van der Waals surface area contributed by atoms with Gasteiger partial charge in [0.25, 0.3) is 0 Å². The largest absolute Gasteiger partial charge is 0.465 e. The van der Waals surface area contributed by atoms with E-state index in [9.17, 15) is 4.79 Å². The highest BCUT2D eigenvalue weighted by atomic mass is 16.5. The number of amides is 2. The third-order valence-corrected chi connectivity index (χ3v) is 4.72. The number of nitrogens with one attached hydrogen (secondary N) is 1. The van der Waals surface area contributed by atoms with Gasteiger partial charge in [-0.3, -0.25) is 4.90 Å². The summed E-state index contributed by atoms with van der Waals surface area (Å²) in [6.45, 7) is 3.39. The van der Waals surface area contributed by atoms with Crippen molar-refractivity contribution in [3.8, 4) is 5.75 Å². The summed E-state index contributed by atoms with van der Waals surface area (Å²) in [6.07, 6.45) is -0.260. The Bertz CT molecular complexity index is 647. The van der Waals surface area contributed by atoms with Crippen molar-refractivity contribution in [2.75, 3.05) is 32.6 Å². The van der Waals surface area contributed by atoms with Crippen molar-refractivity contribution in [1.82, 2.24) is 10.2 Å². The number of ether oxygens (including phenoxy) is 1.